The molecule has 0 radical (unpaired) electrons. The fourth-order valence-electron chi connectivity index (χ4n) is 0.0349. The fraction of sp³-hybridized carbons (Fsp3) is 0.800. The van der Waals surface area contributed by atoms with Crippen molar-refractivity contribution >= 4 is 8.25 Å². The summed E-state index contributed by atoms with van der Waals surface area (Å²) >= 11 is 0. The lowest BCUT2D eigenvalue weighted by Gasteiger charge is -1.68. The molecular weight excluding hydrogens is 153 g/mol. The summed E-state index contributed by atoms with van der Waals surface area (Å²) in [6, 6.07) is 0. The smallest absolute Gasteiger partial charge is 0.145 e. The Morgan fingerprint density at radius 2 is 2.00 bits per heavy atom. The van der Waals surface area contributed by atoms with Gasteiger partial charge in [-0.1, -0.05) is 26.7 Å². The van der Waals surface area contributed by atoms with E-state index in [1.165, 1.54) is 12.8 Å². The Balaban J connectivity index is 0. The van der Waals surface area contributed by atoms with Crippen molar-refractivity contribution in [3.05, 3.63) is 0 Å². The maximum Gasteiger partial charge on any atom is 0.758 e. The summed E-state index contributed by atoms with van der Waals surface area (Å²) in [6.45, 7) is 4.36. The van der Waals surface area contributed by atoms with E-state index in [2.05, 4.69) is 18.4 Å². The van der Waals surface area contributed by atoms with Gasteiger partial charge in [-0.15, -0.1) is 14.7 Å². The summed E-state index contributed by atoms with van der Waals surface area (Å²) in [5, 5.41) is 7.42. The zero-order chi connectivity index (χ0) is 8.41. The standard InChI is InChI=1S/C4H10.CNO3P/c1-3-4-2;2-1-5-6(3)4/h3-4H2,1-2H3;/p+1. The minimum atomic E-state index is -2.71. The molecule has 0 amide bonds. The molecule has 0 spiro atoms. The molecule has 4 nitrogen and oxygen atoms in total. The highest BCUT2D eigenvalue weighted by Crippen LogP contribution is 2.11. The van der Waals surface area contributed by atoms with Crippen LogP contribution in [-0.4, -0.2) is 4.89 Å². The van der Waals surface area contributed by atoms with E-state index in [0.717, 1.165) is 6.26 Å². The van der Waals surface area contributed by atoms with Gasteiger partial charge in [0, 0.05) is 4.57 Å². The Kier molecular flexibility index (Phi) is 13.5. The first-order valence-electron chi connectivity index (χ1n) is 2.91. The van der Waals surface area contributed by atoms with Gasteiger partial charge in [-0.3, -0.25) is 0 Å². The molecule has 0 aliphatic carbocycles. The van der Waals surface area contributed by atoms with Gasteiger partial charge in [0.05, 0.1) is 0 Å². The first kappa shape index (κ1) is 12.1. The molecule has 0 bridgehead atoms. The largest absolute Gasteiger partial charge is 0.758 e. The van der Waals surface area contributed by atoms with E-state index in [4.69, 9.17) is 10.2 Å². The predicted molar refractivity (Wildman–Crippen MR) is 37.1 cm³/mol. The molecule has 58 valence electrons. The minimum Gasteiger partial charge on any atom is -0.145 e. The summed E-state index contributed by atoms with van der Waals surface area (Å²) in [5.41, 5.74) is 0. The molecule has 0 aliphatic rings. The quantitative estimate of drug-likeness (QED) is 0.500. The van der Waals surface area contributed by atoms with Gasteiger partial charge < -0.3 is 0 Å². The third kappa shape index (κ3) is 26.4. The molecule has 0 aromatic carbocycles. The highest BCUT2D eigenvalue weighted by atomic mass is 31.1. The van der Waals surface area contributed by atoms with Crippen molar-refractivity contribution in [2.24, 2.45) is 0 Å². The van der Waals surface area contributed by atoms with Gasteiger partial charge in [-0.25, -0.2) is 0 Å². The summed E-state index contributed by atoms with van der Waals surface area (Å²) in [7, 11) is -2.71. The zero-order valence-electron chi connectivity index (χ0n) is 6.07. The zero-order valence-corrected chi connectivity index (χ0v) is 6.97. The van der Waals surface area contributed by atoms with Crippen molar-refractivity contribution < 1.29 is 14.0 Å². The molecule has 0 aromatic heterocycles. The lowest BCUT2D eigenvalue weighted by molar-refractivity contribution is 0.389. The van der Waals surface area contributed by atoms with Gasteiger partial charge >= 0.3 is 14.5 Å². The molecule has 0 rings (SSSR count). The maximum atomic E-state index is 9.30. The molecular formula is C5H11NO3P+. The van der Waals surface area contributed by atoms with Crippen molar-refractivity contribution in [1.82, 2.24) is 0 Å². The van der Waals surface area contributed by atoms with E-state index < -0.39 is 8.25 Å². The molecule has 1 atom stereocenters. The summed E-state index contributed by atoms with van der Waals surface area (Å²) < 4.78 is 12.7. The van der Waals surface area contributed by atoms with Crippen LogP contribution < -0.4 is 0 Å². The molecule has 0 fully saturated rings. The number of hydrogen-bond donors (Lipinski definition) is 1. The van der Waals surface area contributed by atoms with Crippen LogP contribution in [-0.2, 0) is 9.09 Å². The van der Waals surface area contributed by atoms with Gasteiger partial charge in [-0.2, -0.15) is 0 Å². The first-order chi connectivity index (χ1) is 4.68. The van der Waals surface area contributed by atoms with Gasteiger partial charge in [0.2, 0.25) is 0 Å². The molecule has 1 unspecified atom stereocenters. The van der Waals surface area contributed by atoms with Crippen LogP contribution in [0.1, 0.15) is 26.7 Å². The molecule has 0 aliphatic heterocycles. The second-order valence-corrected chi connectivity index (χ2v) is 2.08. The van der Waals surface area contributed by atoms with Crippen LogP contribution in [0.2, 0.25) is 0 Å². The highest BCUT2D eigenvalue weighted by Gasteiger charge is 2.08. The Morgan fingerprint density at radius 3 is 2.00 bits per heavy atom. The lowest BCUT2D eigenvalue weighted by atomic mass is 10.4. The Hall–Kier alpha value is -0.650. The van der Waals surface area contributed by atoms with Crippen molar-refractivity contribution in [3.63, 3.8) is 0 Å². The van der Waals surface area contributed by atoms with E-state index in [-0.39, 0.29) is 0 Å². The summed E-state index contributed by atoms with van der Waals surface area (Å²) in [4.78, 5) is 7.62. The van der Waals surface area contributed by atoms with E-state index in [9.17, 15) is 4.57 Å². The maximum absolute atomic E-state index is 9.30. The highest BCUT2D eigenvalue weighted by molar-refractivity contribution is 7.32. The number of rotatable bonds is 2. The molecule has 0 aromatic rings. The van der Waals surface area contributed by atoms with Crippen LogP contribution in [0.3, 0.4) is 0 Å². The Labute approximate surface area is 61.4 Å². The second-order valence-electron chi connectivity index (χ2n) is 1.42. The van der Waals surface area contributed by atoms with Crippen molar-refractivity contribution in [2.45, 2.75) is 26.7 Å². The average Bonchev–Trinajstić information content (AvgIpc) is 1.89. The minimum absolute atomic E-state index is 1.03. The van der Waals surface area contributed by atoms with Crippen LogP contribution in [0.5, 0.6) is 0 Å². The Morgan fingerprint density at radius 1 is 1.60 bits per heavy atom. The van der Waals surface area contributed by atoms with Crippen molar-refractivity contribution in [3.8, 4) is 6.26 Å². The van der Waals surface area contributed by atoms with Crippen LogP contribution >= 0.6 is 8.25 Å². The van der Waals surface area contributed by atoms with Gasteiger partial charge in [0.25, 0.3) is 0 Å². The number of hydrogen-bond acceptors (Lipinski definition) is 3. The number of nitrogens with zero attached hydrogens (tertiary/aromatic N) is 1. The molecule has 10 heavy (non-hydrogen) atoms. The van der Waals surface area contributed by atoms with Crippen LogP contribution in [0.25, 0.3) is 0 Å². The molecule has 0 saturated carbocycles. The summed E-state index contributed by atoms with van der Waals surface area (Å²) in [5.74, 6) is 0. The average molecular weight is 164 g/mol. The number of nitriles is 1. The van der Waals surface area contributed by atoms with E-state index in [0.29, 0.717) is 0 Å². The predicted octanol–water partition coefficient (Wildman–Crippen LogP) is 1.94. The van der Waals surface area contributed by atoms with Gasteiger partial charge in [0.15, 0.2) is 0 Å². The normalized spacial score (nSPS) is 8.40. The monoisotopic (exact) mass is 164 g/mol. The van der Waals surface area contributed by atoms with Crippen LogP contribution in [0.15, 0.2) is 0 Å². The van der Waals surface area contributed by atoms with Crippen LogP contribution in [0, 0.1) is 11.5 Å². The van der Waals surface area contributed by atoms with Crippen molar-refractivity contribution in [1.29, 1.82) is 5.26 Å². The Bertz CT molecular complexity index is 119. The third-order valence-electron chi connectivity index (χ3n) is 0.619. The van der Waals surface area contributed by atoms with E-state index in [1.54, 1.807) is 0 Å². The first-order valence-corrected chi connectivity index (χ1v) is 4.04. The number of unbranched alkanes of at least 4 members (excludes halogenated alkanes) is 1. The summed E-state index contributed by atoms with van der Waals surface area (Å²) in [6.07, 6.45) is 3.67. The fourth-order valence-corrected chi connectivity index (χ4v) is 0.105. The molecule has 5 heteroatoms. The topological polar surface area (TPSA) is 70.3 Å². The molecule has 0 saturated heterocycles. The third-order valence-corrected chi connectivity index (χ3v) is 0.857. The molecule has 0 heterocycles. The van der Waals surface area contributed by atoms with Crippen LogP contribution in [0.4, 0.5) is 0 Å². The van der Waals surface area contributed by atoms with Gasteiger partial charge in [-0.05, 0) is 0 Å². The van der Waals surface area contributed by atoms with Crippen molar-refractivity contribution in [2.75, 3.05) is 0 Å². The van der Waals surface area contributed by atoms with E-state index >= 15 is 0 Å². The SMILES string of the molecule is CCCC.N#CO[P+](=O)O. The van der Waals surface area contributed by atoms with E-state index in [1.807, 2.05) is 0 Å². The lowest BCUT2D eigenvalue weighted by Crippen LogP contribution is -1.57. The molecule has 1 N–H and O–H groups in total. The van der Waals surface area contributed by atoms with Gasteiger partial charge in [0.1, 0.15) is 0 Å². The second kappa shape index (κ2) is 11.2.